The second kappa shape index (κ2) is 9.17. The highest BCUT2D eigenvalue weighted by Crippen LogP contribution is 2.34. The van der Waals surface area contributed by atoms with Gasteiger partial charge in [0.1, 0.15) is 5.75 Å². The van der Waals surface area contributed by atoms with E-state index < -0.39 is 5.97 Å². The normalized spacial score (nSPS) is 23.1. The van der Waals surface area contributed by atoms with Gasteiger partial charge in [-0.05, 0) is 54.7 Å². The zero-order chi connectivity index (χ0) is 20.2. The number of carbonyl (C=O) groups is 1. The number of fused-ring (bicyclic) bond motifs is 1. The zero-order valence-electron chi connectivity index (χ0n) is 17.5. The van der Waals surface area contributed by atoms with Crippen LogP contribution in [0, 0.1) is 11.8 Å². The van der Waals surface area contributed by atoms with Crippen molar-refractivity contribution in [2.75, 3.05) is 13.1 Å². The minimum Gasteiger partial charge on any atom is -0.490 e. The van der Waals surface area contributed by atoms with E-state index in [4.69, 9.17) is 9.84 Å². The van der Waals surface area contributed by atoms with Crippen molar-refractivity contribution in [3.05, 3.63) is 42.0 Å². The average Bonchev–Trinajstić information content (AvgIpc) is 2.69. The lowest BCUT2D eigenvalue weighted by Gasteiger charge is -2.36. The van der Waals surface area contributed by atoms with Crippen molar-refractivity contribution in [3.8, 4) is 5.75 Å². The summed E-state index contributed by atoms with van der Waals surface area (Å²) in [7, 11) is 0. The molecule has 1 saturated heterocycles. The molecule has 0 radical (unpaired) electrons. The van der Waals surface area contributed by atoms with Crippen molar-refractivity contribution in [2.45, 2.75) is 64.5 Å². The predicted molar refractivity (Wildman–Crippen MR) is 116 cm³/mol. The first-order valence-corrected chi connectivity index (χ1v) is 11.3. The van der Waals surface area contributed by atoms with Crippen LogP contribution in [-0.2, 0) is 11.3 Å². The maximum absolute atomic E-state index is 11.0. The van der Waals surface area contributed by atoms with Crippen molar-refractivity contribution in [1.29, 1.82) is 0 Å². The van der Waals surface area contributed by atoms with Crippen LogP contribution >= 0.6 is 0 Å². The summed E-state index contributed by atoms with van der Waals surface area (Å²) >= 11 is 0. The Hall–Kier alpha value is -2.07. The highest BCUT2D eigenvalue weighted by atomic mass is 16.5. The van der Waals surface area contributed by atoms with Gasteiger partial charge in [-0.25, -0.2) is 0 Å². The van der Waals surface area contributed by atoms with Gasteiger partial charge in [0.15, 0.2) is 0 Å². The van der Waals surface area contributed by atoms with Gasteiger partial charge in [-0.2, -0.15) is 0 Å². The van der Waals surface area contributed by atoms with Crippen LogP contribution in [0.4, 0.5) is 0 Å². The fourth-order valence-corrected chi connectivity index (χ4v) is 4.83. The Labute approximate surface area is 173 Å². The van der Waals surface area contributed by atoms with E-state index in [0.29, 0.717) is 19.2 Å². The summed E-state index contributed by atoms with van der Waals surface area (Å²) in [4.78, 5) is 13.2. The van der Waals surface area contributed by atoms with Crippen LogP contribution in [0.25, 0.3) is 10.8 Å². The van der Waals surface area contributed by atoms with Crippen molar-refractivity contribution in [1.82, 2.24) is 4.90 Å². The van der Waals surface area contributed by atoms with Gasteiger partial charge in [-0.3, -0.25) is 9.69 Å². The molecule has 1 aliphatic carbocycles. The third-order valence-electron chi connectivity index (χ3n) is 6.67. The van der Waals surface area contributed by atoms with Gasteiger partial charge < -0.3 is 9.84 Å². The van der Waals surface area contributed by atoms with Crippen LogP contribution in [-0.4, -0.2) is 35.2 Å². The standard InChI is InChI=1S/C25H33NO3/c1-2-3-5-18-8-11-22(12-9-18)29-24-7-4-6-20-14-19(10-13-23(20)24)15-26-16-21(17-26)25(27)28/h4,6-7,10,13-14,18,21-22H,2-3,5,8-9,11-12,15-17H2,1H3,(H,27,28)/t18-,22-. The van der Waals surface area contributed by atoms with Crippen molar-refractivity contribution in [3.63, 3.8) is 0 Å². The molecular formula is C25H33NO3. The maximum Gasteiger partial charge on any atom is 0.309 e. The summed E-state index contributed by atoms with van der Waals surface area (Å²) in [6, 6.07) is 12.9. The Kier molecular flexibility index (Phi) is 6.39. The molecule has 29 heavy (non-hydrogen) atoms. The van der Waals surface area contributed by atoms with E-state index in [9.17, 15) is 4.79 Å². The Morgan fingerprint density at radius 2 is 1.93 bits per heavy atom. The highest BCUT2D eigenvalue weighted by Gasteiger charge is 2.32. The number of aliphatic carboxylic acids is 1. The highest BCUT2D eigenvalue weighted by molar-refractivity contribution is 5.88. The molecule has 4 heteroatoms. The molecule has 1 heterocycles. The van der Waals surface area contributed by atoms with Gasteiger partial charge in [-0.15, -0.1) is 0 Å². The molecule has 0 bridgehead atoms. The summed E-state index contributed by atoms with van der Waals surface area (Å²) in [6.45, 7) is 4.39. The topological polar surface area (TPSA) is 49.8 Å². The van der Waals surface area contributed by atoms with E-state index in [0.717, 1.165) is 18.2 Å². The van der Waals surface area contributed by atoms with Crippen LogP contribution in [0.3, 0.4) is 0 Å². The lowest BCUT2D eigenvalue weighted by Crippen LogP contribution is -2.49. The molecule has 1 N–H and O–H groups in total. The molecule has 2 fully saturated rings. The molecule has 156 valence electrons. The molecule has 0 unspecified atom stereocenters. The predicted octanol–water partition coefficient (Wildman–Crippen LogP) is 5.48. The first kappa shape index (κ1) is 20.2. The molecule has 2 aromatic rings. The molecule has 4 rings (SSSR count). The van der Waals surface area contributed by atoms with Gasteiger partial charge in [0.2, 0.25) is 0 Å². The van der Waals surface area contributed by atoms with Crippen LogP contribution < -0.4 is 4.74 Å². The Morgan fingerprint density at radius 3 is 2.66 bits per heavy atom. The van der Waals surface area contributed by atoms with Crippen LogP contribution in [0.5, 0.6) is 5.75 Å². The van der Waals surface area contributed by atoms with E-state index in [1.807, 2.05) is 0 Å². The molecule has 1 saturated carbocycles. The number of hydrogen-bond acceptors (Lipinski definition) is 3. The number of carboxylic acid groups (broad SMARTS) is 1. The number of benzene rings is 2. The third kappa shape index (κ3) is 4.92. The number of rotatable bonds is 8. The summed E-state index contributed by atoms with van der Waals surface area (Å²) < 4.78 is 6.44. The molecule has 0 amide bonds. The van der Waals surface area contributed by atoms with Crippen molar-refractivity contribution >= 4 is 16.7 Å². The monoisotopic (exact) mass is 395 g/mol. The second-order valence-corrected chi connectivity index (χ2v) is 8.94. The lowest BCUT2D eigenvalue weighted by molar-refractivity contribution is -0.147. The summed E-state index contributed by atoms with van der Waals surface area (Å²) in [5.41, 5.74) is 1.23. The Bertz CT molecular complexity index is 835. The second-order valence-electron chi connectivity index (χ2n) is 8.94. The summed E-state index contributed by atoms with van der Waals surface area (Å²) in [5.74, 6) is 1.02. The maximum atomic E-state index is 11.0. The van der Waals surface area contributed by atoms with E-state index in [2.05, 4.69) is 48.2 Å². The van der Waals surface area contributed by atoms with Gasteiger partial charge in [0, 0.05) is 25.0 Å². The molecule has 4 nitrogen and oxygen atoms in total. The largest absolute Gasteiger partial charge is 0.490 e. The summed E-state index contributed by atoms with van der Waals surface area (Å²) in [6.07, 6.45) is 9.31. The Balaban J connectivity index is 1.36. The SMILES string of the molecule is CCCC[C@H]1CC[C@H](Oc2cccc3cc(CN4CC(C(=O)O)C4)ccc23)CC1. The summed E-state index contributed by atoms with van der Waals surface area (Å²) in [5, 5.41) is 11.4. The van der Waals surface area contributed by atoms with Crippen molar-refractivity contribution < 1.29 is 14.6 Å². The first-order chi connectivity index (χ1) is 14.1. The van der Waals surface area contributed by atoms with Crippen LogP contribution in [0.1, 0.15) is 57.4 Å². The third-order valence-corrected chi connectivity index (χ3v) is 6.67. The molecule has 0 atom stereocenters. The lowest BCUT2D eigenvalue weighted by atomic mass is 9.84. The van der Waals surface area contributed by atoms with Gasteiger partial charge >= 0.3 is 5.97 Å². The fraction of sp³-hybridized carbons (Fsp3) is 0.560. The number of carboxylic acids is 1. The molecule has 2 aromatic carbocycles. The minimum absolute atomic E-state index is 0.201. The number of likely N-dealkylation sites (tertiary alicyclic amines) is 1. The van der Waals surface area contributed by atoms with Crippen molar-refractivity contribution in [2.24, 2.45) is 11.8 Å². The van der Waals surface area contributed by atoms with Gasteiger partial charge in [0.25, 0.3) is 0 Å². The molecular weight excluding hydrogens is 362 g/mol. The molecule has 0 aromatic heterocycles. The van der Waals surface area contributed by atoms with Crippen LogP contribution in [0.15, 0.2) is 36.4 Å². The fourth-order valence-electron chi connectivity index (χ4n) is 4.83. The Morgan fingerprint density at radius 1 is 1.14 bits per heavy atom. The smallest absolute Gasteiger partial charge is 0.309 e. The number of unbranched alkanes of at least 4 members (excludes halogenated alkanes) is 1. The minimum atomic E-state index is -0.680. The van der Waals surface area contributed by atoms with E-state index in [-0.39, 0.29) is 5.92 Å². The van der Waals surface area contributed by atoms with Crippen LogP contribution in [0.2, 0.25) is 0 Å². The number of nitrogens with zero attached hydrogens (tertiary/aromatic N) is 1. The zero-order valence-corrected chi connectivity index (χ0v) is 17.5. The quantitative estimate of drug-likeness (QED) is 0.643. The van der Waals surface area contributed by atoms with Gasteiger partial charge in [-0.1, -0.05) is 50.5 Å². The molecule has 2 aliphatic rings. The van der Waals surface area contributed by atoms with E-state index >= 15 is 0 Å². The van der Waals surface area contributed by atoms with E-state index in [1.54, 1.807) is 0 Å². The number of ether oxygens (including phenoxy) is 1. The van der Waals surface area contributed by atoms with Gasteiger partial charge in [0.05, 0.1) is 12.0 Å². The molecule has 0 spiro atoms. The molecule has 1 aliphatic heterocycles. The first-order valence-electron chi connectivity index (χ1n) is 11.3. The number of hydrogen-bond donors (Lipinski definition) is 1. The van der Waals surface area contributed by atoms with E-state index in [1.165, 1.54) is 61.3 Å². The average molecular weight is 396 g/mol.